The van der Waals surface area contributed by atoms with Crippen LogP contribution in [0.25, 0.3) is 0 Å². The van der Waals surface area contributed by atoms with Crippen molar-refractivity contribution in [3.8, 4) is 0 Å². The number of carbonyl (C=O) groups is 1. The molecule has 3 rings (SSSR count). The zero-order chi connectivity index (χ0) is 17.8. The van der Waals surface area contributed by atoms with Gasteiger partial charge in [-0.05, 0) is 82.3 Å². The molecule has 0 spiro atoms. The van der Waals surface area contributed by atoms with Crippen LogP contribution in [0.4, 0.5) is 5.69 Å². The summed E-state index contributed by atoms with van der Waals surface area (Å²) in [5, 5.41) is 3.25. The number of fused-ring (bicyclic) bond motifs is 1. The number of rotatable bonds is 2. The van der Waals surface area contributed by atoms with Crippen LogP contribution in [-0.2, 0) is 4.79 Å². The van der Waals surface area contributed by atoms with Gasteiger partial charge >= 0.3 is 0 Å². The third-order valence-electron chi connectivity index (χ3n) is 5.73. The van der Waals surface area contributed by atoms with Gasteiger partial charge in [-0.3, -0.25) is 4.79 Å². The van der Waals surface area contributed by atoms with Crippen LogP contribution in [0.3, 0.4) is 0 Å². The number of allylic oxidation sites excluding steroid dienone is 4. The largest absolute Gasteiger partial charge is 0.325 e. The number of hydrogen-bond donors (Lipinski definition) is 1. The molecule has 2 aliphatic rings. The van der Waals surface area contributed by atoms with E-state index in [-0.39, 0.29) is 11.8 Å². The van der Waals surface area contributed by atoms with Crippen molar-refractivity contribution in [3.63, 3.8) is 0 Å². The van der Waals surface area contributed by atoms with Crippen molar-refractivity contribution in [1.82, 2.24) is 0 Å². The van der Waals surface area contributed by atoms with Gasteiger partial charge < -0.3 is 5.32 Å². The van der Waals surface area contributed by atoms with Crippen LogP contribution in [0.5, 0.6) is 0 Å². The second-order valence-electron chi connectivity index (χ2n) is 7.79. The number of nitrogens with one attached hydrogen (secondary N) is 1. The number of anilines is 1. The Morgan fingerprint density at radius 3 is 1.84 bits per heavy atom. The van der Waals surface area contributed by atoms with Crippen LogP contribution >= 0.6 is 0 Å². The van der Waals surface area contributed by atoms with Gasteiger partial charge in [-0.15, -0.1) is 0 Å². The maximum Gasteiger partial charge on any atom is 0.228 e. The van der Waals surface area contributed by atoms with Crippen molar-refractivity contribution >= 4 is 11.6 Å². The lowest BCUT2D eigenvalue weighted by Gasteiger charge is -2.13. The Morgan fingerprint density at radius 1 is 0.840 bits per heavy atom. The Balaban J connectivity index is 1.68. The molecule has 0 bridgehead atoms. The molecule has 0 radical (unpaired) electrons. The lowest BCUT2D eigenvalue weighted by Crippen LogP contribution is -2.17. The first-order valence-corrected chi connectivity index (χ1v) is 9.76. The van der Waals surface area contributed by atoms with Gasteiger partial charge in [0.15, 0.2) is 0 Å². The minimum Gasteiger partial charge on any atom is -0.325 e. The quantitative estimate of drug-likeness (QED) is 0.671. The minimum absolute atomic E-state index is 0.197. The first-order chi connectivity index (χ1) is 12.1. The Labute approximate surface area is 152 Å². The number of benzene rings is 1. The molecule has 1 aromatic carbocycles. The van der Waals surface area contributed by atoms with Gasteiger partial charge in [-0.2, -0.15) is 0 Å². The Hall–Kier alpha value is -1.83. The predicted molar refractivity (Wildman–Crippen MR) is 106 cm³/mol. The van der Waals surface area contributed by atoms with Crippen LogP contribution in [0.2, 0.25) is 0 Å². The molecule has 1 N–H and O–H groups in total. The molecule has 2 aliphatic carbocycles. The second kappa shape index (κ2) is 8.03. The van der Waals surface area contributed by atoms with Crippen molar-refractivity contribution in [2.45, 2.75) is 59.3 Å². The number of carbonyl (C=O) groups excluding carboxylic acids is 1. The summed E-state index contributed by atoms with van der Waals surface area (Å²) < 4.78 is 0. The summed E-state index contributed by atoms with van der Waals surface area (Å²) in [6.07, 6.45) is 16.0. The summed E-state index contributed by atoms with van der Waals surface area (Å²) in [5.74, 6) is 1.54. The molecule has 2 atom stereocenters. The van der Waals surface area contributed by atoms with Gasteiger partial charge in [0.25, 0.3) is 0 Å². The molecule has 1 aromatic rings. The molecule has 1 fully saturated rings. The highest BCUT2D eigenvalue weighted by Crippen LogP contribution is 2.52. The molecule has 2 heteroatoms. The lowest BCUT2D eigenvalue weighted by molar-refractivity contribution is -0.117. The van der Waals surface area contributed by atoms with Crippen molar-refractivity contribution in [2.24, 2.45) is 17.8 Å². The fourth-order valence-electron chi connectivity index (χ4n) is 4.45. The van der Waals surface area contributed by atoms with E-state index in [2.05, 4.69) is 62.5 Å². The summed E-state index contributed by atoms with van der Waals surface area (Å²) in [6.45, 7) is 6.28. The van der Waals surface area contributed by atoms with E-state index in [1.54, 1.807) is 0 Å². The van der Waals surface area contributed by atoms with E-state index in [9.17, 15) is 4.79 Å². The Bertz CT molecular complexity index is 638. The zero-order valence-corrected chi connectivity index (χ0v) is 15.8. The maximum atomic E-state index is 12.9. The fraction of sp³-hybridized carbons (Fsp3) is 0.522. The van der Waals surface area contributed by atoms with E-state index < -0.39 is 0 Å². The smallest absolute Gasteiger partial charge is 0.228 e. The first kappa shape index (κ1) is 18.0. The van der Waals surface area contributed by atoms with E-state index in [1.807, 2.05) is 0 Å². The summed E-state index contributed by atoms with van der Waals surface area (Å²) >= 11 is 0. The zero-order valence-electron chi connectivity index (χ0n) is 15.8. The van der Waals surface area contributed by atoms with Crippen molar-refractivity contribution in [1.29, 1.82) is 0 Å². The Morgan fingerprint density at radius 2 is 1.32 bits per heavy atom. The van der Waals surface area contributed by atoms with Crippen LogP contribution in [0, 0.1) is 38.5 Å². The summed E-state index contributed by atoms with van der Waals surface area (Å²) in [7, 11) is 0. The van der Waals surface area contributed by atoms with Crippen molar-refractivity contribution in [2.75, 3.05) is 5.32 Å². The molecule has 2 nitrogen and oxygen atoms in total. The van der Waals surface area contributed by atoms with Crippen molar-refractivity contribution in [3.05, 3.63) is 53.1 Å². The predicted octanol–water partition coefficient (Wildman–Crippen LogP) is 5.88. The summed E-state index contributed by atoms with van der Waals surface area (Å²) in [5.41, 5.74) is 4.59. The van der Waals surface area contributed by atoms with Gasteiger partial charge in [-0.25, -0.2) is 0 Å². The van der Waals surface area contributed by atoms with Gasteiger partial charge in [0, 0.05) is 11.6 Å². The van der Waals surface area contributed by atoms with Crippen LogP contribution in [-0.4, -0.2) is 5.91 Å². The van der Waals surface area contributed by atoms with E-state index in [1.165, 1.54) is 5.56 Å². The van der Waals surface area contributed by atoms with Crippen LogP contribution < -0.4 is 5.32 Å². The van der Waals surface area contributed by atoms with E-state index in [4.69, 9.17) is 0 Å². The number of hydrogen-bond acceptors (Lipinski definition) is 1. The molecule has 2 unspecified atom stereocenters. The first-order valence-electron chi connectivity index (χ1n) is 9.76. The van der Waals surface area contributed by atoms with Crippen molar-refractivity contribution < 1.29 is 4.79 Å². The molecule has 25 heavy (non-hydrogen) atoms. The van der Waals surface area contributed by atoms with E-state index >= 15 is 0 Å². The SMILES string of the molecule is Cc1cc(C)c(NC(=O)C2C3CCC=CCCC=CCCC32)c(C)c1. The van der Waals surface area contributed by atoms with E-state index in [0.29, 0.717) is 11.8 Å². The topological polar surface area (TPSA) is 29.1 Å². The normalized spacial score (nSPS) is 26.3. The number of amides is 1. The van der Waals surface area contributed by atoms with Gasteiger partial charge in [0.2, 0.25) is 5.91 Å². The van der Waals surface area contributed by atoms with E-state index in [0.717, 1.165) is 55.3 Å². The van der Waals surface area contributed by atoms with Crippen LogP contribution in [0.15, 0.2) is 36.4 Å². The molecule has 1 amide bonds. The molecule has 1 saturated carbocycles. The average molecular weight is 338 g/mol. The monoisotopic (exact) mass is 337 g/mol. The molecule has 0 aromatic heterocycles. The van der Waals surface area contributed by atoms with Crippen LogP contribution in [0.1, 0.15) is 55.2 Å². The molecule has 0 saturated heterocycles. The highest BCUT2D eigenvalue weighted by Gasteiger charge is 2.52. The maximum absolute atomic E-state index is 12.9. The molecular weight excluding hydrogens is 306 g/mol. The average Bonchev–Trinajstić information content (AvgIpc) is 3.23. The number of aryl methyl sites for hydroxylation is 3. The highest BCUT2D eigenvalue weighted by molar-refractivity contribution is 5.96. The third kappa shape index (κ3) is 4.42. The summed E-state index contributed by atoms with van der Waals surface area (Å²) in [6, 6.07) is 4.30. The Kier molecular flexibility index (Phi) is 5.78. The third-order valence-corrected chi connectivity index (χ3v) is 5.73. The molecule has 0 aliphatic heterocycles. The summed E-state index contributed by atoms with van der Waals surface area (Å²) in [4.78, 5) is 12.9. The van der Waals surface area contributed by atoms with Gasteiger partial charge in [0.05, 0.1) is 0 Å². The van der Waals surface area contributed by atoms with Gasteiger partial charge in [0.1, 0.15) is 0 Å². The lowest BCUT2D eigenvalue weighted by atomic mass is 10.0. The standard InChI is InChI=1S/C23H31NO/c1-16-14-17(2)22(18(3)15-16)24-23(25)21-19-12-10-8-6-4-5-7-9-11-13-20(19)21/h6-9,14-15,19-21H,4-5,10-13H2,1-3H3,(H,24,25). The minimum atomic E-state index is 0.197. The van der Waals surface area contributed by atoms with Gasteiger partial charge in [-0.1, -0.05) is 42.0 Å². The molecular formula is C23H31NO. The molecule has 134 valence electrons. The fourth-order valence-corrected chi connectivity index (χ4v) is 4.45. The second-order valence-corrected chi connectivity index (χ2v) is 7.79. The highest BCUT2D eigenvalue weighted by atomic mass is 16.2. The molecule has 0 heterocycles.